The van der Waals surface area contributed by atoms with Crippen molar-refractivity contribution in [2.75, 3.05) is 6.54 Å². The van der Waals surface area contributed by atoms with Gasteiger partial charge in [-0.05, 0) is 13.3 Å². The van der Waals surface area contributed by atoms with Crippen molar-refractivity contribution in [1.82, 2.24) is 5.32 Å². The molecule has 1 N–H and O–H groups in total. The molecule has 0 aliphatic carbocycles. The molecule has 68 valence electrons. The lowest BCUT2D eigenvalue weighted by atomic mass is 10.1. The summed E-state index contributed by atoms with van der Waals surface area (Å²) in [5.74, 6) is 0.338. The summed E-state index contributed by atoms with van der Waals surface area (Å²) in [5.41, 5.74) is 0. The second kappa shape index (κ2) is 9.47. The topological polar surface area (TPSA) is 29.1 Å². The van der Waals surface area contributed by atoms with Crippen LogP contribution in [0.15, 0.2) is 0 Å². The summed E-state index contributed by atoms with van der Waals surface area (Å²) in [6.45, 7) is 10.6. The third-order valence-corrected chi connectivity index (χ3v) is 1.41. The Bertz CT molecular complexity index is 91.6. The van der Waals surface area contributed by atoms with Crippen LogP contribution in [0.3, 0.4) is 0 Å². The Morgan fingerprint density at radius 1 is 1.36 bits per heavy atom. The predicted molar refractivity (Wildman–Crippen MR) is 49.5 cm³/mol. The van der Waals surface area contributed by atoms with Gasteiger partial charge in [-0.1, -0.05) is 27.7 Å². The van der Waals surface area contributed by atoms with Gasteiger partial charge >= 0.3 is 0 Å². The predicted octanol–water partition coefficient (Wildman–Crippen LogP) is 2.19. The highest BCUT2D eigenvalue weighted by molar-refractivity contribution is 5.78. The van der Waals surface area contributed by atoms with Gasteiger partial charge in [0.25, 0.3) is 0 Å². The van der Waals surface area contributed by atoms with Crippen LogP contribution in [0.1, 0.15) is 41.0 Å². The molecule has 0 saturated heterocycles. The van der Waals surface area contributed by atoms with Gasteiger partial charge in [-0.25, -0.2) is 0 Å². The van der Waals surface area contributed by atoms with Gasteiger partial charge in [-0.3, -0.25) is 4.79 Å². The first-order valence-electron chi connectivity index (χ1n) is 4.50. The van der Waals surface area contributed by atoms with Gasteiger partial charge in [0.2, 0.25) is 5.91 Å². The van der Waals surface area contributed by atoms with Crippen LogP contribution in [0.5, 0.6) is 0 Å². The first kappa shape index (κ1) is 13.1. The Kier molecular flexibility index (Phi) is 11.3. The zero-order chi connectivity index (χ0) is 9.28. The summed E-state index contributed by atoms with van der Waals surface area (Å²) >= 11 is 0. The summed E-state index contributed by atoms with van der Waals surface area (Å²) in [6.07, 6.45) is 0.922. The van der Waals surface area contributed by atoms with E-state index >= 15 is 0 Å². The van der Waals surface area contributed by atoms with Crippen LogP contribution >= 0.6 is 0 Å². The first-order chi connectivity index (χ1) is 5.22. The maximum absolute atomic E-state index is 10.9. The van der Waals surface area contributed by atoms with Crippen molar-refractivity contribution in [3.8, 4) is 0 Å². The lowest BCUT2D eigenvalue weighted by Gasteiger charge is -2.06. The third-order valence-electron chi connectivity index (χ3n) is 1.41. The van der Waals surface area contributed by atoms with Crippen molar-refractivity contribution in [2.45, 2.75) is 41.0 Å². The first-order valence-corrected chi connectivity index (χ1v) is 4.50. The number of hydrogen-bond donors (Lipinski definition) is 1. The van der Waals surface area contributed by atoms with Crippen LogP contribution in [0, 0.1) is 5.92 Å². The zero-order valence-electron chi connectivity index (χ0n) is 8.40. The van der Waals surface area contributed by atoms with Crippen LogP contribution in [0.4, 0.5) is 0 Å². The van der Waals surface area contributed by atoms with E-state index in [2.05, 4.69) is 5.32 Å². The fourth-order valence-electron chi connectivity index (χ4n) is 0.534. The molecular weight excluding hydrogens is 138 g/mol. The standard InChI is InChI=1S/C7H15NO.C2H6/c1-4-6(3)7(9)8-5-2;1-2/h6H,4-5H2,1-3H3,(H,8,9);1-2H3. The monoisotopic (exact) mass is 159 g/mol. The van der Waals surface area contributed by atoms with Crippen molar-refractivity contribution >= 4 is 5.91 Å². The van der Waals surface area contributed by atoms with E-state index in [-0.39, 0.29) is 11.8 Å². The van der Waals surface area contributed by atoms with Crippen LogP contribution in [-0.4, -0.2) is 12.5 Å². The number of nitrogens with one attached hydrogen (secondary N) is 1. The minimum Gasteiger partial charge on any atom is -0.356 e. The van der Waals surface area contributed by atoms with Crippen molar-refractivity contribution in [3.05, 3.63) is 0 Å². The van der Waals surface area contributed by atoms with Crippen LogP contribution in [0.25, 0.3) is 0 Å². The van der Waals surface area contributed by atoms with Gasteiger partial charge in [-0.15, -0.1) is 0 Å². The fraction of sp³-hybridized carbons (Fsp3) is 0.889. The molecular formula is C9H21NO. The fourth-order valence-corrected chi connectivity index (χ4v) is 0.534. The molecule has 0 saturated carbocycles. The van der Waals surface area contributed by atoms with Gasteiger partial charge in [0, 0.05) is 12.5 Å². The van der Waals surface area contributed by atoms with Crippen LogP contribution in [-0.2, 0) is 4.79 Å². The zero-order valence-corrected chi connectivity index (χ0v) is 8.40. The molecule has 0 bridgehead atoms. The number of carbonyl (C=O) groups is 1. The molecule has 0 aromatic carbocycles. The van der Waals surface area contributed by atoms with E-state index < -0.39 is 0 Å². The molecule has 11 heavy (non-hydrogen) atoms. The summed E-state index contributed by atoms with van der Waals surface area (Å²) < 4.78 is 0. The lowest BCUT2D eigenvalue weighted by Crippen LogP contribution is -2.28. The molecule has 1 unspecified atom stereocenters. The van der Waals surface area contributed by atoms with E-state index in [0.29, 0.717) is 0 Å². The number of rotatable bonds is 3. The quantitative estimate of drug-likeness (QED) is 0.672. The Labute approximate surface area is 70.4 Å². The van der Waals surface area contributed by atoms with Gasteiger partial charge in [0.1, 0.15) is 0 Å². The number of carbonyl (C=O) groups excluding carboxylic acids is 1. The Morgan fingerprint density at radius 2 is 1.82 bits per heavy atom. The molecule has 0 radical (unpaired) electrons. The molecule has 0 aliphatic rings. The minimum absolute atomic E-state index is 0.167. The number of amides is 1. The van der Waals surface area contributed by atoms with E-state index in [4.69, 9.17) is 0 Å². The maximum atomic E-state index is 10.9. The summed E-state index contributed by atoms with van der Waals surface area (Å²) in [6, 6.07) is 0. The molecule has 0 aromatic heterocycles. The van der Waals surface area contributed by atoms with Crippen molar-refractivity contribution in [3.63, 3.8) is 0 Å². The molecule has 0 aliphatic heterocycles. The molecule has 0 fully saturated rings. The Hall–Kier alpha value is -0.530. The summed E-state index contributed by atoms with van der Waals surface area (Å²) in [7, 11) is 0. The Balaban J connectivity index is 0. The molecule has 0 heterocycles. The molecule has 1 amide bonds. The minimum atomic E-state index is 0.167. The molecule has 2 heteroatoms. The van der Waals surface area contributed by atoms with Gasteiger partial charge in [0.15, 0.2) is 0 Å². The lowest BCUT2D eigenvalue weighted by molar-refractivity contribution is -0.124. The molecule has 1 atom stereocenters. The van der Waals surface area contributed by atoms with E-state index in [1.54, 1.807) is 0 Å². The largest absolute Gasteiger partial charge is 0.356 e. The smallest absolute Gasteiger partial charge is 0.222 e. The van der Waals surface area contributed by atoms with Crippen LogP contribution < -0.4 is 5.32 Å². The van der Waals surface area contributed by atoms with Crippen molar-refractivity contribution < 1.29 is 4.79 Å². The van der Waals surface area contributed by atoms with E-state index in [1.165, 1.54) is 0 Å². The second-order valence-electron chi connectivity index (χ2n) is 2.20. The highest BCUT2D eigenvalue weighted by atomic mass is 16.1. The third kappa shape index (κ3) is 7.37. The summed E-state index contributed by atoms with van der Waals surface area (Å²) in [4.78, 5) is 10.9. The maximum Gasteiger partial charge on any atom is 0.222 e. The van der Waals surface area contributed by atoms with Gasteiger partial charge < -0.3 is 5.32 Å². The average Bonchev–Trinajstić information content (AvgIpc) is 2.07. The molecule has 0 spiro atoms. The Morgan fingerprint density at radius 3 is 2.09 bits per heavy atom. The highest BCUT2D eigenvalue weighted by Gasteiger charge is 2.06. The molecule has 0 aromatic rings. The van der Waals surface area contributed by atoms with Crippen molar-refractivity contribution in [1.29, 1.82) is 0 Å². The van der Waals surface area contributed by atoms with Gasteiger partial charge in [0.05, 0.1) is 0 Å². The SMILES string of the molecule is CC.CCNC(=O)C(C)CC. The molecule has 2 nitrogen and oxygen atoms in total. The van der Waals surface area contributed by atoms with Gasteiger partial charge in [-0.2, -0.15) is 0 Å². The average molecular weight is 159 g/mol. The highest BCUT2D eigenvalue weighted by Crippen LogP contribution is 1.98. The normalized spacial score (nSPS) is 11.0. The summed E-state index contributed by atoms with van der Waals surface area (Å²) in [5, 5.41) is 2.76. The van der Waals surface area contributed by atoms with E-state index in [0.717, 1.165) is 13.0 Å². The number of hydrogen-bond acceptors (Lipinski definition) is 1. The second-order valence-corrected chi connectivity index (χ2v) is 2.20. The van der Waals surface area contributed by atoms with Crippen LogP contribution in [0.2, 0.25) is 0 Å². The molecule has 0 rings (SSSR count). The van der Waals surface area contributed by atoms with Crippen molar-refractivity contribution in [2.24, 2.45) is 5.92 Å². The van der Waals surface area contributed by atoms with E-state index in [9.17, 15) is 4.79 Å². The van der Waals surface area contributed by atoms with E-state index in [1.807, 2.05) is 34.6 Å².